The van der Waals surface area contributed by atoms with Crippen molar-refractivity contribution in [3.8, 4) is 11.3 Å². The third-order valence-corrected chi connectivity index (χ3v) is 4.86. The van der Waals surface area contributed by atoms with E-state index in [4.69, 9.17) is 9.97 Å². The molecule has 1 N–H and O–H groups in total. The van der Waals surface area contributed by atoms with Crippen LogP contribution in [0.4, 0.5) is 10.2 Å². The number of amides is 1. The Balaban J connectivity index is 1.75. The summed E-state index contributed by atoms with van der Waals surface area (Å²) in [4.78, 5) is 22.3. The number of benzene rings is 2. The second kappa shape index (κ2) is 7.50. The molecule has 0 saturated carbocycles. The highest BCUT2D eigenvalue weighted by Crippen LogP contribution is 2.33. The number of fused-ring (bicyclic) bond motifs is 3. The standard InChI is InChI=1S/C23H22FN3O/c1-14(2)12-20-22(27-23(28)15-6-4-3-5-7-15)26-19-11-8-16-13-17(24)9-10-18(16)21(19)25-20/h3-7,9-10,13-14H,8,11-12H2,1-2H3,(H,26,27,28). The van der Waals surface area contributed by atoms with Crippen LogP contribution in [0.5, 0.6) is 0 Å². The molecule has 4 rings (SSSR count). The van der Waals surface area contributed by atoms with Gasteiger partial charge < -0.3 is 5.32 Å². The SMILES string of the molecule is CC(C)Cc1nc2c(nc1NC(=O)c1ccccc1)CCc1cc(F)ccc1-2. The summed E-state index contributed by atoms with van der Waals surface area (Å²) in [5, 5.41) is 2.94. The Morgan fingerprint density at radius 3 is 2.64 bits per heavy atom. The van der Waals surface area contributed by atoms with E-state index in [-0.39, 0.29) is 11.7 Å². The van der Waals surface area contributed by atoms with Crippen LogP contribution in [0.25, 0.3) is 11.3 Å². The molecule has 0 bridgehead atoms. The second-order valence-electron chi connectivity index (χ2n) is 7.53. The molecule has 0 unspecified atom stereocenters. The molecule has 0 aliphatic heterocycles. The van der Waals surface area contributed by atoms with Crippen LogP contribution in [0.3, 0.4) is 0 Å². The normalized spacial score (nSPS) is 12.4. The first kappa shape index (κ1) is 18.3. The Morgan fingerprint density at radius 2 is 1.89 bits per heavy atom. The van der Waals surface area contributed by atoms with Crippen LogP contribution >= 0.6 is 0 Å². The Hall–Kier alpha value is -3.08. The lowest BCUT2D eigenvalue weighted by molar-refractivity contribution is 0.102. The molecule has 1 aromatic heterocycles. The highest BCUT2D eigenvalue weighted by molar-refractivity contribution is 6.04. The number of aryl methyl sites for hydroxylation is 2. The van der Waals surface area contributed by atoms with Crippen molar-refractivity contribution in [3.05, 3.63) is 76.9 Å². The van der Waals surface area contributed by atoms with Gasteiger partial charge in [0.25, 0.3) is 5.91 Å². The number of hydrogen-bond acceptors (Lipinski definition) is 3. The molecule has 28 heavy (non-hydrogen) atoms. The number of hydrogen-bond donors (Lipinski definition) is 1. The molecule has 0 radical (unpaired) electrons. The maximum Gasteiger partial charge on any atom is 0.256 e. The minimum Gasteiger partial charge on any atom is -0.305 e. The fourth-order valence-corrected chi connectivity index (χ4v) is 3.55. The van der Waals surface area contributed by atoms with Crippen molar-refractivity contribution >= 4 is 11.7 Å². The van der Waals surface area contributed by atoms with Crippen molar-refractivity contribution in [2.24, 2.45) is 5.92 Å². The zero-order valence-electron chi connectivity index (χ0n) is 16.0. The lowest BCUT2D eigenvalue weighted by atomic mass is 9.91. The average Bonchev–Trinajstić information content (AvgIpc) is 2.68. The highest BCUT2D eigenvalue weighted by Gasteiger charge is 2.23. The Morgan fingerprint density at radius 1 is 1.11 bits per heavy atom. The van der Waals surface area contributed by atoms with Crippen molar-refractivity contribution in [1.29, 1.82) is 0 Å². The third-order valence-electron chi connectivity index (χ3n) is 4.86. The van der Waals surface area contributed by atoms with Crippen LogP contribution in [0, 0.1) is 11.7 Å². The van der Waals surface area contributed by atoms with Gasteiger partial charge in [-0.15, -0.1) is 0 Å². The number of carbonyl (C=O) groups excluding carboxylic acids is 1. The van der Waals surface area contributed by atoms with Crippen LogP contribution in [-0.4, -0.2) is 15.9 Å². The van der Waals surface area contributed by atoms with E-state index in [9.17, 15) is 9.18 Å². The summed E-state index contributed by atoms with van der Waals surface area (Å²) in [5.41, 5.74) is 4.87. The third kappa shape index (κ3) is 3.65. The van der Waals surface area contributed by atoms with E-state index in [0.717, 1.165) is 28.2 Å². The maximum absolute atomic E-state index is 13.6. The van der Waals surface area contributed by atoms with E-state index in [1.54, 1.807) is 24.3 Å². The van der Waals surface area contributed by atoms with E-state index in [1.807, 2.05) is 18.2 Å². The minimum atomic E-state index is -0.232. The number of anilines is 1. The molecule has 1 aliphatic rings. The van der Waals surface area contributed by atoms with E-state index in [1.165, 1.54) is 6.07 Å². The van der Waals surface area contributed by atoms with Crippen LogP contribution in [0.2, 0.25) is 0 Å². The highest BCUT2D eigenvalue weighted by atomic mass is 19.1. The van der Waals surface area contributed by atoms with E-state index >= 15 is 0 Å². The molecule has 0 saturated heterocycles. The lowest BCUT2D eigenvalue weighted by Crippen LogP contribution is -2.19. The number of carbonyl (C=O) groups is 1. The molecule has 1 heterocycles. The molecule has 1 amide bonds. The summed E-state index contributed by atoms with van der Waals surface area (Å²) in [7, 11) is 0. The largest absolute Gasteiger partial charge is 0.305 e. The topological polar surface area (TPSA) is 54.9 Å². The predicted molar refractivity (Wildman–Crippen MR) is 108 cm³/mol. The smallest absolute Gasteiger partial charge is 0.256 e. The van der Waals surface area contributed by atoms with Gasteiger partial charge in [0.15, 0.2) is 5.82 Å². The first-order valence-electron chi connectivity index (χ1n) is 9.56. The van der Waals surface area contributed by atoms with Gasteiger partial charge in [0, 0.05) is 11.1 Å². The van der Waals surface area contributed by atoms with Crippen LogP contribution in [-0.2, 0) is 19.3 Å². The number of rotatable bonds is 4. The number of halogens is 1. The fraction of sp³-hybridized carbons (Fsp3) is 0.261. The molecular formula is C23H22FN3O. The Bertz CT molecular complexity index is 1030. The number of nitrogens with zero attached hydrogens (tertiary/aromatic N) is 2. The zero-order valence-corrected chi connectivity index (χ0v) is 16.0. The maximum atomic E-state index is 13.6. The average molecular weight is 375 g/mol. The van der Waals surface area contributed by atoms with E-state index in [2.05, 4.69) is 19.2 Å². The van der Waals surface area contributed by atoms with E-state index in [0.29, 0.717) is 36.6 Å². The van der Waals surface area contributed by atoms with Gasteiger partial charge in [-0.2, -0.15) is 0 Å². The second-order valence-corrected chi connectivity index (χ2v) is 7.53. The Labute approximate surface area is 163 Å². The molecule has 3 aromatic rings. The van der Waals surface area contributed by atoms with Crippen LogP contribution in [0.15, 0.2) is 48.5 Å². The summed E-state index contributed by atoms with van der Waals surface area (Å²) in [6.07, 6.45) is 2.08. The van der Waals surface area contributed by atoms with Gasteiger partial charge in [-0.25, -0.2) is 14.4 Å². The van der Waals surface area contributed by atoms with Crippen molar-refractivity contribution in [2.75, 3.05) is 5.32 Å². The first-order valence-corrected chi connectivity index (χ1v) is 9.56. The summed E-state index contributed by atoms with van der Waals surface area (Å²) >= 11 is 0. The van der Waals surface area contributed by atoms with Crippen molar-refractivity contribution in [2.45, 2.75) is 33.1 Å². The van der Waals surface area contributed by atoms with Gasteiger partial charge in [-0.3, -0.25) is 4.79 Å². The molecule has 4 nitrogen and oxygen atoms in total. The van der Waals surface area contributed by atoms with Gasteiger partial charge in [0.2, 0.25) is 0 Å². The van der Waals surface area contributed by atoms with Crippen molar-refractivity contribution in [3.63, 3.8) is 0 Å². The molecule has 2 aromatic carbocycles. The van der Waals surface area contributed by atoms with Gasteiger partial charge in [-0.05, 0) is 61.1 Å². The van der Waals surface area contributed by atoms with Crippen molar-refractivity contribution < 1.29 is 9.18 Å². The van der Waals surface area contributed by atoms with E-state index < -0.39 is 0 Å². The molecule has 142 valence electrons. The summed E-state index contributed by atoms with van der Waals surface area (Å²) < 4.78 is 13.6. The quantitative estimate of drug-likeness (QED) is 0.710. The monoisotopic (exact) mass is 375 g/mol. The van der Waals surface area contributed by atoms with Crippen LogP contribution in [0.1, 0.15) is 41.2 Å². The van der Waals surface area contributed by atoms with Gasteiger partial charge >= 0.3 is 0 Å². The number of aromatic nitrogens is 2. The van der Waals surface area contributed by atoms with Gasteiger partial charge in [0.05, 0.1) is 17.1 Å². The van der Waals surface area contributed by atoms with Gasteiger partial charge in [0.1, 0.15) is 5.82 Å². The summed E-state index contributed by atoms with van der Waals surface area (Å²) in [6.45, 7) is 4.21. The minimum absolute atomic E-state index is 0.196. The summed E-state index contributed by atoms with van der Waals surface area (Å²) in [6, 6.07) is 13.9. The first-order chi connectivity index (χ1) is 13.5. The van der Waals surface area contributed by atoms with Crippen LogP contribution < -0.4 is 5.32 Å². The molecule has 0 fully saturated rings. The molecule has 0 spiro atoms. The fourth-order valence-electron chi connectivity index (χ4n) is 3.55. The molecule has 0 atom stereocenters. The molecular weight excluding hydrogens is 353 g/mol. The summed E-state index contributed by atoms with van der Waals surface area (Å²) in [5.74, 6) is 0.449. The zero-order chi connectivity index (χ0) is 19.7. The van der Waals surface area contributed by atoms with Crippen molar-refractivity contribution in [1.82, 2.24) is 9.97 Å². The lowest BCUT2D eigenvalue weighted by Gasteiger charge is -2.21. The Kier molecular flexibility index (Phi) is 4.90. The molecule has 1 aliphatic carbocycles. The number of nitrogens with one attached hydrogen (secondary N) is 1. The predicted octanol–water partition coefficient (Wildman–Crippen LogP) is 4.83. The molecule has 5 heteroatoms. The van der Waals surface area contributed by atoms with Gasteiger partial charge in [-0.1, -0.05) is 32.0 Å².